The van der Waals surface area contributed by atoms with Crippen LogP contribution in [0.3, 0.4) is 0 Å². The van der Waals surface area contributed by atoms with Gasteiger partial charge in [-0.25, -0.2) is 4.39 Å². The first-order chi connectivity index (χ1) is 15.6. The summed E-state index contributed by atoms with van der Waals surface area (Å²) in [7, 11) is 0. The summed E-state index contributed by atoms with van der Waals surface area (Å²) in [4.78, 5) is 9.37. The van der Waals surface area contributed by atoms with E-state index >= 15 is 0 Å². The molecule has 0 amide bonds. The number of benzene rings is 2. The number of piperidine rings is 1. The van der Waals surface area contributed by atoms with Crippen molar-refractivity contribution in [1.29, 1.82) is 0 Å². The van der Waals surface area contributed by atoms with Gasteiger partial charge >= 0.3 is 0 Å². The number of aromatic hydroxyl groups is 1. The zero-order chi connectivity index (χ0) is 22.1. The number of pyridine rings is 1. The van der Waals surface area contributed by atoms with Gasteiger partial charge in [0.05, 0.1) is 29.4 Å². The van der Waals surface area contributed by atoms with E-state index in [1.807, 2.05) is 18.2 Å². The van der Waals surface area contributed by atoms with Crippen LogP contribution in [-0.4, -0.2) is 60.9 Å². The molecule has 0 aliphatic carbocycles. The molecule has 5 rings (SSSR count). The lowest BCUT2D eigenvalue weighted by Gasteiger charge is -2.37. The average Bonchev–Trinajstić information content (AvgIpc) is 2.83. The molecule has 0 bridgehead atoms. The lowest BCUT2D eigenvalue weighted by Crippen LogP contribution is -2.43. The maximum Gasteiger partial charge on any atom is 0.170 e. The SMILES string of the molecule is Oc1c(F)cc(-c2ccc3nc[c]c(N4CCC(CN5CCOCC5)CC4)c3c2)cc1Cl. The molecule has 2 aliphatic rings. The Morgan fingerprint density at radius 1 is 1.09 bits per heavy atom. The fraction of sp³-hybridized carbons (Fsp3) is 0.400. The van der Waals surface area contributed by atoms with Gasteiger partial charge in [-0.05, 0) is 54.2 Å². The van der Waals surface area contributed by atoms with Crippen LogP contribution in [0.2, 0.25) is 5.02 Å². The van der Waals surface area contributed by atoms with Crippen molar-refractivity contribution in [1.82, 2.24) is 9.88 Å². The number of hydrogen-bond donors (Lipinski definition) is 1. The number of halogens is 2. The number of nitrogens with zero attached hydrogens (tertiary/aromatic N) is 3. The minimum Gasteiger partial charge on any atom is -0.504 e. The number of phenols is 1. The van der Waals surface area contributed by atoms with Crippen LogP contribution in [0.25, 0.3) is 22.0 Å². The van der Waals surface area contributed by atoms with E-state index in [0.29, 0.717) is 11.5 Å². The van der Waals surface area contributed by atoms with E-state index in [4.69, 9.17) is 16.3 Å². The van der Waals surface area contributed by atoms with Gasteiger partial charge in [0.25, 0.3) is 0 Å². The largest absolute Gasteiger partial charge is 0.504 e. The molecule has 2 aromatic carbocycles. The molecular formula is C25H26ClFN3O2. The second-order valence-electron chi connectivity index (χ2n) is 8.61. The van der Waals surface area contributed by atoms with Crippen molar-refractivity contribution in [3.63, 3.8) is 0 Å². The van der Waals surface area contributed by atoms with E-state index < -0.39 is 11.6 Å². The van der Waals surface area contributed by atoms with Gasteiger partial charge in [0, 0.05) is 50.4 Å². The van der Waals surface area contributed by atoms with Crippen LogP contribution in [0.5, 0.6) is 5.75 Å². The minimum absolute atomic E-state index is 0.000380. The van der Waals surface area contributed by atoms with Crippen LogP contribution in [0, 0.1) is 17.8 Å². The average molecular weight is 455 g/mol. The van der Waals surface area contributed by atoms with Gasteiger partial charge in [0.1, 0.15) is 0 Å². The Morgan fingerprint density at radius 2 is 1.88 bits per heavy atom. The fourth-order valence-electron chi connectivity index (χ4n) is 4.74. The predicted molar refractivity (Wildman–Crippen MR) is 125 cm³/mol. The van der Waals surface area contributed by atoms with Crippen LogP contribution in [0.1, 0.15) is 12.8 Å². The van der Waals surface area contributed by atoms with Crippen LogP contribution in [0.4, 0.5) is 10.1 Å². The lowest BCUT2D eigenvalue weighted by molar-refractivity contribution is 0.0289. The summed E-state index contributed by atoms with van der Waals surface area (Å²) in [6, 6.07) is 12.1. The van der Waals surface area contributed by atoms with E-state index in [1.54, 1.807) is 12.3 Å². The molecule has 3 heterocycles. The quantitative estimate of drug-likeness (QED) is 0.616. The summed E-state index contributed by atoms with van der Waals surface area (Å²) in [5.74, 6) is -0.546. The highest BCUT2D eigenvalue weighted by atomic mass is 35.5. The topological polar surface area (TPSA) is 48.8 Å². The zero-order valence-electron chi connectivity index (χ0n) is 17.9. The normalized spacial score (nSPS) is 18.4. The third-order valence-corrected chi connectivity index (χ3v) is 6.85. The highest BCUT2D eigenvalue weighted by Crippen LogP contribution is 2.36. The first-order valence-electron chi connectivity index (χ1n) is 11.1. The first kappa shape index (κ1) is 21.4. The fourth-order valence-corrected chi connectivity index (χ4v) is 4.95. The maximum absolute atomic E-state index is 14.0. The number of ether oxygens (including phenoxy) is 1. The molecule has 7 heteroatoms. The zero-order valence-corrected chi connectivity index (χ0v) is 18.6. The highest BCUT2D eigenvalue weighted by molar-refractivity contribution is 6.32. The highest BCUT2D eigenvalue weighted by Gasteiger charge is 2.24. The van der Waals surface area contributed by atoms with Crippen molar-refractivity contribution in [2.45, 2.75) is 12.8 Å². The molecule has 0 spiro atoms. The molecule has 2 saturated heterocycles. The van der Waals surface area contributed by atoms with Gasteiger partial charge < -0.3 is 14.7 Å². The van der Waals surface area contributed by atoms with Gasteiger partial charge in [-0.2, -0.15) is 0 Å². The van der Waals surface area contributed by atoms with Crippen LogP contribution < -0.4 is 4.90 Å². The Morgan fingerprint density at radius 3 is 2.62 bits per heavy atom. The molecule has 0 saturated carbocycles. The van der Waals surface area contributed by atoms with Crippen LogP contribution in [-0.2, 0) is 4.74 Å². The van der Waals surface area contributed by atoms with Gasteiger partial charge in [0.2, 0.25) is 0 Å². The minimum atomic E-state index is -0.729. The third-order valence-electron chi connectivity index (χ3n) is 6.56. The van der Waals surface area contributed by atoms with Crippen molar-refractivity contribution in [2.24, 2.45) is 5.92 Å². The van der Waals surface area contributed by atoms with Gasteiger partial charge in [0.15, 0.2) is 11.6 Å². The number of hydrogen-bond acceptors (Lipinski definition) is 5. The number of fused-ring (bicyclic) bond motifs is 1. The standard InChI is InChI=1S/C25H26ClFN3O2/c26-21-14-19(15-22(27)25(21)31)18-1-2-23-20(13-18)24(3-6-28-23)30-7-4-17(5-8-30)16-29-9-11-32-12-10-29/h1-2,6,13-15,17,31H,4-5,7-12,16H2. The van der Waals surface area contributed by atoms with E-state index in [0.717, 1.165) is 80.9 Å². The van der Waals surface area contributed by atoms with Gasteiger partial charge in [-0.15, -0.1) is 0 Å². The van der Waals surface area contributed by atoms with E-state index in [9.17, 15) is 9.50 Å². The number of aromatic nitrogens is 1. The third kappa shape index (κ3) is 4.40. The lowest BCUT2D eigenvalue weighted by atomic mass is 9.95. The Bertz CT molecular complexity index is 1090. The number of phenolic OH excluding ortho intramolecular Hbond substituents is 1. The summed E-state index contributed by atoms with van der Waals surface area (Å²) in [5, 5.41) is 10.6. The molecule has 32 heavy (non-hydrogen) atoms. The molecule has 1 aromatic heterocycles. The number of anilines is 1. The summed E-state index contributed by atoms with van der Waals surface area (Å²) >= 11 is 6.00. The predicted octanol–water partition coefficient (Wildman–Crippen LogP) is 4.75. The van der Waals surface area contributed by atoms with Gasteiger partial charge in [-0.1, -0.05) is 17.7 Å². The molecule has 0 atom stereocenters. The van der Waals surface area contributed by atoms with Crippen molar-refractivity contribution in [2.75, 3.05) is 50.8 Å². The summed E-state index contributed by atoms with van der Waals surface area (Å²) in [5.41, 5.74) is 3.35. The molecule has 5 nitrogen and oxygen atoms in total. The van der Waals surface area contributed by atoms with Crippen LogP contribution in [0.15, 0.2) is 36.5 Å². The second-order valence-corrected chi connectivity index (χ2v) is 9.02. The number of rotatable bonds is 4. The summed E-state index contributed by atoms with van der Waals surface area (Å²) in [6.45, 7) is 6.87. The maximum atomic E-state index is 14.0. The summed E-state index contributed by atoms with van der Waals surface area (Å²) in [6.07, 6.45) is 4.02. The Labute approximate surface area is 192 Å². The van der Waals surface area contributed by atoms with E-state index in [1.165, 1.54) is 6.07 Å². The van der Waals surface area contributed by atoms with Crippen molar-refractivity contribution in [3.05, 3.63) is 53.4 Å². The summed E-state index contributed by atoms with van der Waals surface area (Å²) < 4.78 is 19.5. The van der Waals surface area contributed by atoms with E-state index in [2.05, 4.69) is 20.9 Å². The van der Waals surface area contributed by atoms with Gasteiger partial charge in [-0.3, -0.25) is 9.88 Å². The Hall–Kier alpha value is -2.41. The van der Waals surface area contributed by atoms with Crippen molar-refractivity contribution >= 4 is 28.2 Å². The second kappa shape index (κ2) is 9.22. The van der Waals surface area contributed by atoms with Crippen molar-refractivity contribution in [3.8, 4) is 16.9 Å². The smallest absolute Gasteiger partial charge is 0.170 e. The molecule has 0 unspecified atom stereocenters. The first-order valence-corrected chi connectivity index (χ1v) is 11.5. The molecular weight excluding hydrogens is 429 g/mol. The Balaban J connectivity index is 1.37. The molecule has 2 fully saturated rings. The molecule has 3 aromatic rings. The Kier molecular flexibility index (Phi) is 6.17. The molecule has 1 radical (unpaired) electrons. The monoisotopic (exact) mass is 454 g/mol. The molecule has 167 valence electrons. The van der Waals surface area contributed by atoms with Crippen LogP contribution >= 0.6 is 11.6 Å². The number of morpholine rings is 1. The van der Waals surface area contributed by atoms with E-state index in [-0.39, 0.29) is 5.02 Å². The molecule has 2 aliphatic heterocycles. The van der Waals surface area contributed by atoms with Crippen molar-refractivity contribution < 1.29 is 14.2 Å². The molecule has 1 N–H and O–H groups in total.